The van der Waals surface area contributed by atoms with Crippen LogP contribution in [0.3, 0.4) is 0 Å². The molecule has 0 fully saturated rings. The van der Waals surface area contributed by atoms with Gasteiger partial charge in [-0.2, -0.15) is 0 Å². The summed E-state index contributed by atoms with van der Waals surface area (Å²) in [5.74, 6) is -0.604. The molecule has 1 aliphatic heterocycles. The lowest BCUT2D eigenvalue weighted by Gasteiger charge is -2.24. The molecule has 8 nitrogen and oxygen atoms in total. The number of anilines is 1. The van der Waals surface area contributed by atoms with Gasteiger partial charge in [0, 0.05) is 18.9 Å². The Labute approximate surface area is 164 Å². The van der Waals surface area contributed by atoms with E-state index in [2.05, 4.69) is 10.6 Å². The third-order valence-electron chi connectivity index (χ3n) is 4.32. The fraction of sp³-hybridized carbons (Fsp3) is 0.444. The van der Waals surface area contributed by atoms with Crippen molar-refractivity contribution in [3.05, 3.63) is 40.2 Å². The number of hydrogen-bond acceptors (Lipinski definition) is 4. The van der Waals surface area contributed by atoms with Crippen molar-refractivity contribution in [2.75, 3.05) is 18.9 Å². The van der Waals surface area contributed by atoms with Gasteiger partial charge < -0.3 is 15.5 Å². The van der Waals surface area contributed by atoms with Crippen molar-refractivity contribution in [3.63, 3.8) is 0 Å². The smallest absolute Gasteiger partial charge is 0.322 e. The number of likely N-dealkylation sites (N-methyl/N-ethyl adjacent to an activating group) is 1. The normalized spacial score (nSPS) is 14.8. The zero-order valence-corrected chi connectivity index (χ0v) is 17.3. The van der Waals surface area contributed by atoms with Gasteiger partial charge >= 0.3 is 12.1 Å². The first kappa shape index (κ1) is 21.7. The van der Waals surface area contributed by atoms with Gasteiger partial charge in [0.25, 0.3) is 10.0 Å². The number of nitrogens with one attached hydrogen (secondary N) is 3. The molecule has 0 saturated carbocycles. The maximum absolute atomic E-state index is 14.0. The van der Waals surface area contributed by atoms with Crippen LogP contribution in [-0.4, -0.2) is 39.0 Å². The molecule has 1 aromatic rings. The van der Waals surface area contributed by atoms with Gasteiger partial charge in [-0.15, -0.1) is 0 Å². The second-order valence-electron chi connectivity index (χ2n) is 7.24. The van der Waals surface area contributed by atoms with Crippen LogP contribution in [0.25, 0.3) is 0 Å². The van der Waals surface area contributed by atoms with Crippen LogP contribution in [0.1, 0.15) is 50.7 Å². The van der Waals surface area contributed by atoms with E-state index in [0.717, 1.165) is 6.20 Å². The molecule has 0 radical (unpaired) electrons. The predicted molar refractivity (Wildman–Crippen MR) is 105 cm³/mol. The number of urea groups is 2. The number of amides is 4. The van der Waals surface area contributed by atoms with E-state index in [1.807, 2.05) is 32.4 Å². The Morgan fingerprint density at radius 3 is 2.18 bits per heavy atom. The minimum absolute atomic E-state index is 0.0926. The average Bonchev–Trinajstić information content (AvgIpc) is 2.57. The summed E-state index contributed by atoms with van der Waals surface area (Å²) in [6.07, 6.45) is 1.05. The van der Waals surface area contributed by atoms with Crippen LogP contribution in [0.5, 0.6) is 0 Å². The highest BCUT2D eigenvalue weighted by molar-refractivity contribution is 7.94. The minimum atomic E-state index is -4.16. The molecule has 154 valence electrons. The van der Waals surface area contributed by atoms with Crippen LogP contribution in [0.15, 0.2) is 23.2 Å². The molecule has 1 heterocycles. The zero-order chi connectivity index (χ0) is 21.2. The predicted octanol–water partition coefficient (Wildman–Crippen LogP) is 3.02. The summed E-state index contributed by atoms with van der Waals surface area (Å²) in [5.41, 5.74) is 1.53. The van der Waals surface area contributed by atoms with Crippen LogP contribution < -0.4 is 15.4 Å². The van der Waals surface area contributed by atoms with Gasteiger partial charge in [-0.25, -0.2) is 27.1 Å². The van der Waals surface area contributed by atoms with Crippen LogP contribution in [0.4, 0.5) is 19.7 Å². The Morgan fingerprint density at radius 1 is 1.18 bits per heavy atom. The van der Waals surface area contributed by atoms with E-state index in [1.165, 1.54) is 24.1 Å². The lowest BCUT2D eigenvalue weighted by atomic mass is 9.92. The summed E-state index contributed by atoms with van der Waals surface area (Å²) in [6.45, 7) is 7.24. The average molecular weight is 412 g/mol. The topological polar surface area (TPSA) is 108 Å². The van der Waals surface area contributed by atoms with Gasteiger partial charge in [-0.1, -0.05) is 27.7 Å². The van der Waals surface area contributed by atoms with E-state index < -0.39 is 27.9 Å². The fourth-order valence-electron chi connectivity index (χ4n) is 2.80. The van der Waals surface area contributed by atoms with Crippen molar-refractivity contribution in [2.24, 2.45) is 0 Å². The number of hydrogen-bond donors (Lipinski definition) is 3. The molecule has 0 aromatic heterocycles. The number of carbonyl (C=O) groups is 2. The second-order valence-corrected chi connectivity index (χ2v) is 8.98. The summed E-state index contributed by atoms with van der Waals surface area (Å²) in [7, 11) is -2.73. The lowest BCUT2D eigenvalue weighted by Crippen LogP contribution is -2.45. The van der Waals surface area contributed by atoms with Gasteiger partial charge in [0.15, 0.2) is 0 Å². The van der Waals surface area contributed by atoms with Crippen molar-refractivity contribution in [1.29, 1.82) is 0 Å². The molecule has 0 spiro atoms. The third-order valence-corrected chi connectivity index (χ3v) is 5.71. The molecule has 1 aromatic carbocycles. The van der Waals surface area contributed by atoms with Crippen molar-refractivity contribution in [1.82, 2.24) is 14.9 Å². The maximum atomic E-state index is 14.0. The number of halogens is 1. The Bertz CT molecular complexity index is 897. The van der Waals surface area contributed by atoms with Gasteiger partial charge in [0.2, 0.25) is 0 Å². The van der Waals surface area contributed by atoms with E-state index in [4.69, 9.17) is 0 Å². The highest BCUT2D eigenvalue weighted by Crippen LogP contribution is 2.33. The quantitative estimate of drug-likeness (QED) is 0.691. The van der Waals surface area contributed by atoms with E-state index in [0.29, 0.717) is 16.8 Å². The number of rotatable bonds is 5. The van der Waals surface area contributed by atoms with Crippen LogP contribution >= 0.6 is 0 Å². The Kier molecular flexibility index (Phi) is 6.33. The van der Waals surface area contributed by atoms with E-state index in [1.54, 1.807) is 0 Å². The van der Waals surface area contributed by atoms with Gasteiger partial charge in [0.1, 0.15) is 10.7 Å². The molecule has 0 saturated heterocycles. The molecule has 28 heavy (non-hydrogen) atoms. The first-order valence-corrected chi connectivity index (χ1v) is 10.3. The highest BCUT2D eigenvalue weighted by atomic mass is 32.2. The van der Waals surface area contributed by atoms with Gasteiger partial charge in [0.05, 0.1) is 6.54 Å². The SMILES string of the molecule is CC(C)c1cc(F)cc(C(C)C)c1NC(=O)NS(=O)(=O)C1=CNC(=O)N(C)C1. The van der Waals surface area contributed by atoms with E-state index in [9.17, 15) is 22.4 Å². The number of benzene rings is 1. The molecule has 0 unspecified atom stereocenters. The monoisotopic (exact) mass is 412 g/mol. The molecular formula is C18H25FN4O4S. The second kappa shape index (κ2) is 8.17. The van der Waals surface area contributed by atoms with Crippen LogP contribution in [0.2, 0.25) is 0 Å². The summed E-state index contributed by atoms with van der Waals surface area (Å²) in [4.78, 5) is 24.8. The Hall–Kier alpha value is -2.62. The largest absolute Gasteiger partial charge is 0.333 e. The Morgan fingerprint density at radius 2 is 1.71 bits per heavy atom. The van der Waals surface area contributed by atoms with Crippen molar-refractivity contribution in [3.8, 4) is 0 Å². The van der Waals surface area contributed by atoms with Gasteiger partial charge in [-0.3, -0.25) is 0 Å². The van der Waals surface area contributed by atoms with E-state index >= 15 is 0 Å². The van der Waals surface area contributed by atoms with Gasteiger partial charge in [-0.05, 0) is 35.1 Å². The summed E-state index contributed by atoms with van der Waals surface area (Å²) >= 11 is 0. The first-order valence-electron chi connectivity index (χ1n) is 8.80. The summed E-state index contributed by atoms with van der Waals surface area (Å²) < 4.78 is 40.8. The number of carbonyl (C=O) groups excluding carboxylic acids is 2. The van der Waals surface area contributed by atoms with Crippen LogP contribution in [0, 0.1) is 5.82 Å². The molecular weight excluding hydrogens is 387 g/mol. The minimum Gasteiger partial charge on any atom is -0.322 e. The Balaban J connectivity index is 2.29. The summed E-state index contributed by atoms with van der Waals surface area (Å²) in [5, 5.41) is 4.86. The maximum Gasteiger partial charge on any atom is 0.333 e. The van der Waals surface area contributed by atoms with Crippen molar-refractivity contribution >= 4 is 27.8 Å². The molecule has 2 rings (SSSR count). The van der Waals surface area contributed by atoms with Crippen LogP contribution in [-0.2, 0) is 10.0 Å². The molecule has 10 heteroatoms. The fourth-order valence-corrected chi connectivity index (χ4v) is 3.80. The highest BCUT2D eigenvalue weighted by Gasteiger charge is 2.27. The summed E-state index contributed by atoms with van der Waals surface area (Å²) in [6, 6.07) is 1.25. The van der Waals surface area contributed by atoms with Crippen molar-refractivity contribution in [2.45, 2.75) is 39.5 Å². The molecule has 0 bridgehead atoms. The number of nitrogens with zero attached hydrogens (tertiary/aromatic N) is 1. The molecule has 0 atom stereocenters. The first-order chi connectivity index (χ1) is 12.9. The molecule has 4 amide bonds. The zero-order valence-electron chi connectivity index (χ0n) is 16.5. The number of sulfonamides is 1. The molecule has 3 N–H and O–H groups in total. The standard InChI is InChI=1S/C18H25FN4O4S/c1-10(2)14-6-12(19)7-15(11(3)4)16(14)21-17(24)22-28(26,27)13-8-20-18(25)23(5)9-13/h6-8,10-11H,9H2,1-5H3,(H,20,25)(H2,21,22,24). The van der Waals surface area contributed by atoms with E-state index in [-0.39, 0.29) is 23.3 Å². The lowest BCUT2D eigenvalue weighted by molar-refractivity contribution is 0.214. The molecule has 0 aliphatic carbocycles. The molecule has 1 aliphatic rings. The van der Waals surface area contributed by atoms with Crippen molar-refractivity contribution < 1.29 is 22.4 Å². The third kappa shape index (κ3) is 4.80.